The molecular weight excluding hydrogens is 473 g/mol. The molecule has 0 heterocycles. The molecule has 0 bridgehead atoms. The fraction of sp³-hybridized carbons (Fsp3) is 0.840. The summed E-state index contributed by atoms with van der Waals surface area (Å²) in [5, 5.41) is 18.1. The summed E-state index contributed by atoms with van der Waals surface area (Å²) in [6.07, 6.45) is 22.0. The predicted molar refractivity (Wildman–Crippen MR) is 136 cm³/mol. The van der Waals surface area contributed by atoms with Crippen LogP contribution in [0.5, 0.6) is 0 Å². The van der Waals surface area contributed by atoms with Gasteiger partial charge in [0, 0.05) is 31.8 Å². The summed E-state index contributed by atoms with van der Waals surface area (Å²) < 4.78 is 21.1. The first kappa shape index (κ1) is 33.7. The van der Waals surface area contributed by atoms with Gasteiger partial charge in [-0.05, 0) is 12.8 Å². The summed E-state index contributed by atoms with van der Waals surface area (Å²) in [5.74, 6) is 0.631. The summed E-state index contributed by atoms with van der Waals surface area (Å²) in [7, 11) is -4.52. The normalized spacial score (nSPS) is 14.7. The molecule has 9 nitrogen and oxygen atoms in total. The summed E-state index contributed by atoms with van der Waals surface area (Å²) in [6, 6.07) is -1.46. The van der Waals surface area contributed by atoms with Crippen LogP contribution in [0.3, 0.4) is 0 Å². The molecule has 204 valence electrons. The second kappa shape index (κ2) is 22.0. The van der Waals surface area contributed by atoms with Crippen LogP contribution in [-0.2, 0) is 23.2 Å². The second-order valence-electron chi connectivity index (χ2n) is 9.10. The molecule has 0 amide bonds. The van der Waals surface area contributed by atoms with Crippen LogP contribution in [0.25, 0.3) is 0 Å². The molecule has 3 unspecified atom stereocenters. The van der Waals surface area contributed by atoms with Crippen molar-refractivity contribution in [2.24, 2.45) is 11.7 Å². The molecule has 0 fully saturated rings. The zero-order valence-corrected chi connectivity index (χ0v) is 22.0. The highest BCUT2D eigenvalue weighted by Gasteiger charge is 2.26. The molecule has 0 rings (SSSR count). The van der Waals surface area contributed by atoms with Gasteiger partial charge in [-0.25, -0.2) is 4.57 Å². The topological polar surface area (TPSA) is 156 Å². The van der Waals surface area contributed by atoms with Gasteiger partial charge in [0.2, 0.25) is 0 Å². The van der Waals surface area contributed by atoms with Crippen molar-refractivity contribution in [2.45, 2.75) is 109 Å². The van der Waals surface area contributed by atoms with Gasteiger partial charge in [0.15, 0.2) is 0 Å². The summed E-state index contributed by atoms with van der Waals surface area (Å²) in [4.78, 5) is 32.3. The van der Waals surface area contributed by atoms with E-state index in [0.717, 1.165) is 32.1 Å². The van der Waals surface area contributed by atoms with Gasteiger partial charge in [-0.15, -0.1) is 12.3 Å². The first-order valence-corrected chi connectivity index (χ1v) is 14.4. The number of hydrogen-bond acceptors (Lipinski definition) is 7. The number of phosphoric ester groups is 1. The number of rotatable bonds is 25. The number of carbonyl (C=O) groups is 2. The van der Waals surface area contributed by atoms with Crippen molar-refractivity contribution in [3.05, 3.63) is 0 Å². The van der Waals surface area contributed by atoms with Crippen molar-refractivity contribution in [3.63, 3.8) is 0 Å². The Morgan fingerprint density at radius 1 is 0.857 bits per heavy atom. The van der Waals surface area contributed by atoms with Crippen molar-refractivity contribution in [2.75, 3.05) is 19.8 Å². The van der Waals surface area contributed by atoms with E-state index >= 15 is 0 Å². The number of phosphoric acid groups is 1. The van der Waals surface area contributed by atoms with Gasteiger partial charge in [-0.2, -0.15) is 0 Å². The van der Waals surface area contributed by atoms with Crippen LogP contribution in [0.4, 0.5) is 0 Å². The lowest BCUT2D eigenvalue weighted by Crippen LogP contribution is -2.34. The Morgan fingerprint density at radius 2 is 1.31 bits per heavy atom. The molecule has 0 spiro atoms. The maximum absolute atomic E-state index is 12.1. The average molecular weight is 520 g/mol. The number of hydrogen-bond donors (Lipinski definition) is 4. The first-order chi connectivity index (χ1) is 16.7. The Bertz CT molecular complexity index is 652. The Morgan fingerprint density at radius 3 is 1.77 bits per heavy atom. The molecule has 10 heteroatoms. The van der Waals surface area contributed by atoms with E-state index in [4.69, 9.17) is 21.8 Å². The first-order valence-electron chi connectivity index (χ1n) is 12.9. The molecule has 0 aromatic rings. The van der Waals surface area contributed by atoms with Crippen LogP contribution >= 0.6 is 7.82 Å². The Hall–Kier alpha value is -1.27. The average Bonchev–Trinajstić information content (AvgIpc) is 2.82. The number of ketones is 1. The monoisotopic (exact) mass is 519 g/mol. The third kappa shape index (κ3) is 21.7. The Kier molecular flexibility index (Phi) is 21.2. The predicted octanol–water partition coefficient (Wildman–Crippen LogP) is 4.58. The number of aliphatic hydroxyl groups excluding tert-OH is 1. The van der Waals surface area contributed by atoms with Crippen molar-refractivity contribution >= 4 is 19.6 Å². The minimum atomic E-state index is -4.52. The summed E-state index contributed by atoms with van der Waals surface area (Å²) in [6.45, 7) is -1.43. The van der Waals surface area contributed by atoms with Gasteiger partial charge in [0.25, 0.3) is 0 Å². The molecular formula is C25H46NO8P. The van der Waals surface area contributed by atoms with Crippen molar-refractivity contribution in [1.82, 2.24) is 0 Å². The van der Waals surface area contributed by atoms with Gasteiger partial charge >= 0.3 is 13.8 Å². The number of Topliss-reactive ketones (excluding diaryl/α,β-unsaturated/α-hetero) is 1. The molecule has 0 aliphatic carbocycles. The maximum Gasteiger partial charge on any atom is 0.472 e. The van der Waals surface area contributed by atoms with Crippen LogP contribution in [0.2, 0.25) is 0 Å². The SMILES string of the molecule is C#CCCCCCCCCCCCCCCCC(=O)CC(CO)COP(=O)(O)OCC(N)C(=O)O. The van der Waals surface area contributed by atoms with E-state index in [2.05, 4.69) is 10.4 Å². The molecule has 5 N–H and O–H groups in total. The quantitative estimate of drug-likeness (QED) is 0.0769. The summed E-state index contributed by atoms with van der Waals surface area (Å²) >= 11 is 0. The molecule has 3 atom stereocenters. The number of nitrogens with two attached hydrogens (primary N) is 1. The highest BCUT2D eigenvalue weighted by Crippen LogP contribution is 2.43. The minimum absolute atomic E-state index is 0.0338. The maximum atomic E-state index is 12.1. The van der Waals surface area contributed by atoms with E-state index in [1.165, 1.54) is 57.8 Å². The molecule has 0 aliphatic rings. The van der Waals surface area contributed by atoms with E-state index in [1.807, 2.05) is 0 Å². The standard InChI is InChI=1S/C25H46NO8P/c1-2-3-4-5-6-7-8-9-10-11-12-13-14-15-16-17-23(28)18-22(19-27)20-33-35(31,32)34-21-24(26)25(29)30/h1,22,24,27H,3-21,26H2,(H,29,30)(H,31,32). The van der Waals surface area contributed by atoms with E-state index in [0.29, 0.717) is 6.42 Å². The van der Waals surface area contributed by atoms with Crippen molar-refractivity contribution in [1.29, 1.82) is 0 Å². The van der Waals surface area contributed by atoms with Crippen LogP contribution in [0.15, 0.2) is 0 Å². The zero-order valence-electron chi connectivity index (χ0n) is 21.1. The summed E-state index contributed by atoms with van der Waals surface area (Å²) in [5.41, 5.74) is 5.20. The largest absolute Gasteiger partial charge is 0.480 e. The molecule has 35 heavy (non-hydrogen) atoms. The van der Waals surface area contributed by atoms with Crippen LogP contribution < -0.4 is 5.73 Å². The van der Waals surface area contributed by atoms with Crippen LogP contribution in [-0.4, -0.2) is 52.7 Å². The van der Waals surface area contributed by atoms with Gasteiger partial charge in [-0.3, -0.25) is 18.6 Å². The highest BCUT2D eigenvalue weighted by molar-refractivity contribution is 7.47. The number of unbranched alkanes of at least 4 members (excludes halogenated alkanes) is 13. The smallest absolute Gasteiger partial charge is 0.472 e. The number of carboxylic acids is 1. The third-order valence-corrected chi connectivity index (χ3v) is 6.71. The zero-order chi connectivity index (χ0) is 26.4. The molecule has 0 aromatic heterocycles. The van der Waals surface area contributed by atoms with E-state index in [-0.39, 0.29) is 25.4 Å². The number of carboxylic acid groups (broad SMARTS) is 1. The van der Waals surface area contributed by atoms with Gasteiger partial charge < -0.3 is 20.8 Å². The fourth-order valence-electron chi connectivity index (χ4n) is 3.58. The van der Waals surface area contributed by atoms with Gasteiger partial charge in [0.05, 0.1) is 13.2 Å². The van der Waals surface area contributed by atoms with Crippen molar-refractivity contribution in [3.8, 4) is 12.3 Å². The van der Waals surface area contributed by atoms with E-state index < -0.39 is 32.4 Å². The minimum Gasteiger partial charge on any atom is -0.480 e. The molecule has 0 aromatic carbocycles. The van der Waals surface area contributed by atoms with E-state index in [9.17, 15) is 24.2 Å². The van der Waals surface area contributed by atoms with Crippen LogP contribution in [0.1, 0.15) is 103 Å². The second-order valence-corrected chi connectivity index (χ2v) is 10.6. The van der Waals surface area contributed by atoms with Crippen LogP contribution in [0, 0.1) is 18.3 Å². The van der Waals surface area contributed by atoms with Gasteiger partial charge in [-0.1, -0.05) is 70.6 Å². The Balaban J connectivity index is 3.71. The molecule has 0 saturated carbocycles. The molecule has 0 radical (unpaired) electrons. The highest BCUT2D eigenvalue weighted by atomic mass is 31.2. The number of carbonyl (C=O) groups excluding carboxylic acids is 1. The number of terminal acetylenes is 1. The molecule has 0 saturated heterocycles. The van der Waals surface area contributed by atoms with E-state index in [1.54, 1.807) is 0 Å². The van der Waals surface area contributed by atoms with Gasteiger partial charge in [0.1, 0.15) is 11.8 Å². The lowest BCUT2D eigenvalue weighted by Gasteiger charge is -2.17. The fourth-order valence-corrected chi connectivity index (χ4v) is 4.40. The lowest BCUT2D eigenvalue weighted by molar-refractivity contribution is -0.139. The number of aliphatic hydroxyl groups is 1. The lowest BCUT2D eigenvalue weighted by atomic mass is 10.00. The van der Waals surface area contributed by atoms with Crippen molar-refractivity contribution < 1.29 is 38.3 Å². The third-order valence-electron chi connectivity index (χ3n) is 5.76. The Labute approximate surface area is 210 Å². The number of aliphatic carboxylic acids is 1. The molecule has 0 aliphatic heterocycles.